The van der Waals surface area contributed by atoms with E-state index in [0.29, 0.717) is 12.0 Å². The largest absolute Gasteiger partial charge is 0.303 e. The molecule has 0 spiro atoms. The molecule has 0 aliphatic carbocycles. The van der Waals surface area contributed by atoms with E-state index < -0.39 is 0 Å². The van der Waals surface area contributed by atoms with Gasteiger partial charge in [0.2, 0.25) is 0 Å². The van der Waals surface area contributed by atoms with Gasteiger partial charge < -0.3 is 4.79 Å². The second-order valence-electron chi connectivity index (χ2n) is 3.69. The molecule has 2 fully saturated rings. The molecule has 2 heterocycles. The van der Waals surface area contributed by atoms with Crippen molar-refractivity contribution in [1.29, 1.82) is 0 Å². The lowest BCUT2D eigenvalue weighted by atomic mass is 9.95. The molecule has 0 amide bonds. The number of carbonyl (C=O) groups excluding carboxylic acids is 1. The van der Waals surface area contributed by atoms with Crippen LogP contribution in [-0.4, -0.2) is 30.3 Å². The van der Waals surface area contributed by atoms with Crippen molar-refractivity contribution in [3.63, 3.8) is 0 Å². The Hall–Kier alpha value is -0.370. The Morgan fingerprint density at radius 2 is 2.09 bits per heavy atom. The summed E-state index contributed by atoms with van der Waals surface area (Å²) in [7, 11) is 0. The molecular formula is C9H15NO. The van der Waals surface area contributed by atoms with Crippen molar-refractivity contribution in [2.24, 2.45) is 5.92 Å². The third-order valence-electron chi connectivity index (χ3n) is 3.08. The summed E-state index contributed by atoms with van der Waals surface area (Å²) < 4.78 is 0. The van der Waals surface area contributed by atoms with Crippen LogP contribution in [0.15, 0.2) is 0 Å². The van der Waals surface area contributed by atoms with E-state index in [2.05, 4.69) is 4.90 Å². The Morgan fingerprint density at radius 1 is 1.18 bits per heavy atom. The van der Waals surface area contributed by atoms with E-state index in [1.807, 2.05) is 0 Å². The highest BCUT2D eigenvalue weighted by molar-refractivity contribution is 5.55. The van der Waals surface area contributed by atoms with Crippen molar-refractivity contribution in [3.05, 3.63) is 0 Å². The summed E-state index contributed by atoms with van der Waals surface area (Å²) in [5.41, 5.74) is 0. The molecule has 0 bridgehead atoms. The van der Waals surface area contributed by atoms with Gasteiger partial charge >= 0.3 is 0 Å². The fraction of sp³-hybridized carbons (Fsp3) is 0.889. The maximum atomic E-state index is 10.6. The van der Waals surface area contributed by atoms with E-state index in [1.165, 1.54) is 25.8 Å². The van der Waals surface area contributed by atoms with Crippen LogP contribution in [0.2, 0.25) is 0 Å². The van der Waals surface area contributed by atoms with Crippen LogP contribution in [-0.2, 0) is 4.79 Å². The van der Waals surface area contributed by atoms with E-state index in [9.17, 15) is 4.79 Å². The van der Waals surface area contributed by atoms with Gasteiger partial charge in [0.15, 0.2) is 0 Å². The first-order chi connectivity index (χ1) is 5.42. The zero-order valence-corrected chi connectivity index (χ0v) is 6.83. The van der Waals surface area contributed by atoms with Crippen LogP contribution >= 0.6 is 0 Å². The topological polar surface area (TPSA) is 20.3 Å². The Morgan fingerprint density at radius 3 is 2.91 bits per heavy atom. The van der Waals surface area contributed by atoms with E-state index >= 15 is 0 Å². The summed E-state index contributed by atoms with van der Waals surface area (Å²) in [6.07, 6.45) is 6.18. The zero-order valence-electron chi connectivity index (χ0n) is 6.83. The quantitative estimate of drug-likeness (QED) is 0.525. The maximum absolute atomic E-state index is 10.6. The maximum Gasteiger partial charge on any atom is 0.124 e. The lowest BCUT2D eigenvalue weighted by molar-refractivity contribution is -0.111. The summed E-state index contributed by atoms with van der Waals surface area (Å²) >= 11 is 0. The number of piperidine rings is 1. The summed E-state index contributed by atoms with van der Waals surface area (Å²) in [5.74, 6) is 0.357. The number of aldehydes is 1. The molecule has 11 heavy (non-hydrogen) atoms. The van der Waals surface area contributed by atoms with Gasteiger partial charge in [0.25, 0.3) is 0 Å². The van der Waals surface area contributed by atoms with E-state index in [0.717, 1.165) is 19.3 Å². The Balaban J connectivity index is 2.03. The van der Waals surface area contributed by atoms with Gasteiger partial charge in [-0.1, -0.05) is 6.42 Å². The SMILES string of the molecule is O=C[C@H]1CCN2CCCC[C@@H]12. The van der Waals surface area contributed by atoms with Gasteiger partial charge in [-0.3, -0.25) is 4.90 Å². The second-order valence-corrected chi connectivity index (χ2v) is 3.69. The minimum atomic E-state index is 0.357. The van der Waals surface area contributed by atoms with Crippen molar-refractivity contribution >= 4 is 6.29 Å². The van der Waals surface area contributed by atoms with Crippen LogP contribution in [0.4, 0.5) is 0 Å². The highest BCUT2D eigenvalue weighted by Crippen LogP contribution is 2.30. The molecule has 0 aromatic carbocycles. The van der Waals surface area contributed by atoms with Gasteiger partial charge in [0.1, 0.15) is 6.29 Å². The molecule has 2 saturated heterocycles. The van der Waals surface area contributed by atoms with Crippen LogP contribution < -0.4 is 0 Å². The normalized spacial score (nSPS) is 38.5. The zero-order chi connectivity index (χ0) is 7.68. The highest BCUT2D eigenvalue weighted by atomic mass is 16.1. The van der Waals surface area contributed by atoms with Crippen LogP contribution in [0.5, 0.6) is 0 Å². The minimum absolute atomic E-state index is 0.357. The molecule has 0 aromatic heterocycles. The minimum Gasteiger partial charge on any atom is -0.303 e. The summed E-state index contributed by atoms with van der Waals surface area (Å²) in [6.45, 7) is 2.39. The first-order valence-corrected chi connectivity index (χ1v) is 4.61. The number of hydrogen-bond acceptors (Lipinski definition) is 2. The molecule has 2 atom stereocenters. The van der Waals surface area contributed by atoms with Crippen LogP contribution in [0.1, 0.15) is 25.7 Å². The van der Waals surface area contributed by atoms with Crippen LogP contribution in [0, 0.1) is 5.92 Å². The fourth-order valence-corrected chi connectivity index (χ4v) is 2.45. The third kappa shape index (κ3) is 1.20. The predicted molar refractivity (Wildman–Crippen MR) is 43.4 cm³/mol. The van der Waals surface area contributed by atoms with Crippen molar-refractivity contribution in [2.45, 2.75) is 31.7 Å². The molecule has 2 heteroatoms. The lowest BCUT2D eigenvalue weighted by Crippen LogP contribution is -2.37. The molecule has 0 radical (unpaired) electrons. The van der Waals surface area contributed by atoms with E-state index in [4.69, 9.17) is 0 Å². The second kappa shape index (κ2) is 2.94. The van der Waals surface area contributed by atoms with Crippen molar-refractivity contribution in [3.8, 4) is 0 Å². The summed E-state index contributed by atoms with van der Waals surface area (Å²) in [6, 6.07) is 0.612. The Labute approximate surface area is 67.6 Å². The smallest absolute Gasteiger partial charge is 0.124 e. The standard InChI is InChI=1S/C9H15NO/c11-7-8-4-6-10-5-2-1-3-9(8)10/h7-9H,1-6H2/t8-,9+/m1/s1. The van der Waals surface area contributed by atoms with Crippen LogP contribution in [0.3, 0.4) is 0 Å². The predicted octanol–water partition coefficient (Wildman–Crippen LogP) is 1.06. The summed E-state index contributed by atoms with van der Waals surface area (Å²) in [5, 5.41) is 0. The molecule has 0 aromatic rings. The van der Waals surface area contributed by atoms with E-state index in [1.54, 1.807) is 0 Å². The number of carbonyl (C=O) groups is 1. The Bertz CT molecular complexity index is 158. The Kier molecular flexibility index (Phi) is 1.95. The van der Waals surface area contributed by atoms with Crippen molar-refractivity contribution < 1.29 is 4.79 Å². The molecule has 0 saturated carbocycles. The van der Waals surface area contributed by atoms with Crippen molar-refractivity contribution in [1.82, 2.24) is 4.90 Å². The molecular weight excluding hydrogens is 138 g/mol. The number of fused-ring (bicyclic) bond motifs is 1. The van der Waals surface area contributed by atoms with Gasteiger partial charge in [-0.25, -0.2) is 0 Å². The fourth-order valence-electron chi connectivity index (χ4n) is 2.45. The first kappa shape index (κ1) is 7.29. The number of hydrogen-bond donors (Lipinski definition) is 0. The van der Waals surface area contributed by atoms with Gasteiger partial charge in [-0.2, -0.15) is 0 Å². The summed E-state index contributed by atoms with van der Waals surface area (Å²) in [4.78, 5) is 13.1. The van der Waals surface area contributed by atoms with Gasteiger partial charge in [-0.15, -0.1) is 0 Å². The van der Waals surface area contributed by atoms with Crippen LogP contribution in [0.25, 0.3) is 0 Å². The molecule has 62 valence electrons. The van der Waals surface area contributed by atoms with Crippen molar-refractivity contribution in [2.75, 3.05) is 13.1 Å². The van der Waals surface area contributed by atoms with E-state index in [-0.39, 0.29) is 0 Å². The first-order valence-electron chi connectivity index (χ1n) is 4.61. The monoisotopic (exact) mass is 153 g/mol. The molecule has 0 N–H and O–H groups in total. The third-order valence-corrected chi connectivity index (χ3v) is 3.08. The molecule has 0 unspecified atom stereocenters. The van der Waals surface area contributed by atoms with Gasteiger partial charge in [0.05, 0.1) is 0 Å². The molecule has 2 aliphatic rings. The molecule has 2 nitrogen and oxygen atoms in total. The van der Waals surface area contributed by atoms with Gasteiger partial charge in [0, 0.05) is 12.0 Å². The number of rotatable bonds is 1. The average molecular weight is 153 g/mol. The van der Waals surface area contributed by atoms with Gasteiger partial charge in [-0.05, 0) is 32.4 Å². The average Bonchev–Trinajstić information content (AvgIpc) is 2.47. The molecule has 2 rings (SSSR count). The molecule has 2 aliphatic heterocycles. The highest BCUT2D eigenvalue weighted by Gasteiger charge is 2.34. The lowest BCUT2D eigenvalue weighted by Gasteiger charge is -2.30. The number of nitrogens with zero attached hydrogens (tertiary/aromatic N) is 1.